The van der Waals surface area contributed by atoms with Crippen LogP contribution in [0.25, 0.3) is 0 Å². The summed E-state index contributed by atoms with van der Waals surface area (Å²) in [6.07, 6.45) is 0.0835. The molecule has 1 amide bonds. The Labute approximate surface area is 111 Å². The van der Waals surface area contributed by atoms with E-state index in [1.165, 1.54) is 4.90 Å². The van der Waals surface area contributed by atoms with Gasteiger partial charge in [-0.1, -0.05) is 11.6 Å². The molecule has 0 saturated carbocycles. The monoisotopic (exact) mass is 261 g/mol. The first-order valence-corrected chi connectivity index (χ1v) is 6.17. The van der Waals surface area contributed by atoms with E-state index in [0.29, 0.717) is 17.9 Å². The molecule has 1 aliphatic rings. The lowest BCUT2D eigenvalue weighted by Crippen LogP contribution is -2.32. The Morgan fingerprint density at radius 1 is 1.32 bits per heavy atom. The summed E-state index contributed by atoms with van der Waals surface area (Å²) in [5.41, 5.74) is 1.91. The lowest BCUT2D eigenvalue weighted by Gasteiger charge is -2.15. The topological polar surface area (TPSA) is 63.7 Å². The molecule has 1 heterocycles. The first-order chi connectivity index (χ1) is 9.04. The van der Waals surface area contributed by atoms with Gasteiger partial charge in [-0.2, -0.15) is 0 Å². The van der Waals surface area contributed by atoms with Gasteiger partial charge in [0.05, 0.1) is 24.3 Å². The van der Waals surface area contributed by atoms with Gasteiger partial charge in [-0.05, 0) is 26.0 Å². The van der Waals surface area contributed by atoms with Gasteiger partial charge < -0.3 is 9.64 Å². The van der Waals surface area contributed by atoms with E-state index >= 15 is 0 Å². The maximum atomic E-state index is 11.9. The molecule has 1 aromatic rings. The van der Waals surface area contributed by atoms with Crippen molar-refractivity contribution in [2.45, 2.75) is 20.3 Å². The number of carbonyl (C=O) groups is 3. The molecule has 1 aromatic carbocycles. The molecule has 1 aliphatic heterocycles. The van der Waals surface area contributed by atoms with Crippen molar-refractivity contribution in [3.8, 4) is 0 Å². The highest BCUT2D eigenvalue weighted by molar-refractivity contribution is 6.52. The molecule has 0 unspecified atom stereocenters. The average molecular weight is 261 g/mol. The van der Waals surface area contributed by atoms with E-state index in [4.69, 9.17) is 4.74 Å². The molecule has 0 spiro atoms. The number of benzene rings is 1. The van der Waals surface area contributed by atoms with Gasteiger partial charge in [-0.15, -0.1) is 0 Å². The molecule has 0 bridgehead atoms. The maximum absolute atomic E-state index is 11.9. The Balaban J connectivity index is 2.17. The van der Waals surface area contributed by atoms with Crippen LogP contribution in [0.4, 0.5) is 5.69 Å². The van der Waals surface area contributed by atoms with Crippen LogP contribution in [0.5, 0.6) is 0 Å². The molecule has 5 nitrogen and oxygen atoms in total. The van der Waals surface area contributed by atoms with Crippen molar-refractivity contribution in [1.29, 1.82) is 0 Å². The quantitative estimate of drug-likeness (QED) is 0.608. The number of Topliss-reactive ketones (excluding diaryl/α,β-unsaturated/α-hetero) is 1. The van der Waals surface area contributed by atoms with E-state index < -0.39 is 11.7 Å². The summed E-state index contributed by atoms with van der Waals surface area (Å²) in [5, 5.41) is 0. The van der Waals surface area contributed by atoms with Crippen molar-refractivity contribution in [1.82, 2.24) is 0 Å². The minimum atomic E-state index is -0.579. The van der Waals surface area contributed by atoms with Crippen molar-refractivity contribution >= 4 is 23.3 Å². The Morgan fingerprint density at radius 2 is 2.05 bits per heavy atom. The Kier molecular flexibility index (Phi) is 3.64. The highest BCUT2D eigenvalue weighted by Crippen LogP contribution is 2.29. The van der Waals surface area contributed by atoms with Gasteiger partial charge >= 0.3 is 5.97 Å². The van der Waals surface area contributed by atoms with Gasteiger partial charge in [0.15, 0.2) is 0 Å². The SMILES string of the molecule is CCOC(=O)CCN1C(=O)C(=O)c2cc(C)ccc21. The summed E-state index contributed by atoms with van der Waals surface area (Å²) in [4.78, 5) is 36.3. The van der Waals surface area contributed by atoms with Gasteiger partial charge in [-0.25, -0.2) is 0 Å². The standard InChI is InChI=1S/C14H15NO4/c1-3-19-12(16)6-7-15-11-5-4-9(2)8-10(11)13(17)14(15)18/h4-5,8H,3,6-7H2,1-2H3. The summed E-state index contributed by atoms with van der Waals surface area (Å²) in [7, 11) is 0. The van der Waals surface area contributed by atoms with Gasteiger partial charge in [0, 0.05) is 6.54 Å². The second-order valence-electron chi connectivity index (χ2n) is 4.36. The zero-order chi connectivity index (χ0) is 14.0. The van der Waals surface area contributed by atoms with Crippen LogP contribution in [0.1, 0.15) is 29.3 Å². The Morgan fingerprint density at radius 3 is 2.74 bits per heavy atom. The van der Waals surface area contributed by atoms with E-state index in [2.05, 4.69) is 0 Å². The predicted molar refractivity (Wildman–Crippen MR) is 69.1 cm³/mol. The molecular weight excluding hydrogens is 246 g/mol. The third-order valence-electron chi connectivity index (χ3n) is 2.97. The van der Waals surface area contributed by atoms with Crippen LogP contribution in [0, 0.1) is 6.92 Å². The summed E-state index contributed by atoms with van der Waals surface area (Å²) >= 11 is 0. The largest absolute Gasteiger partial charge is 0.466 e. The molecule has 0 aliphatic carbocycles. The van der Waals surface area contributed by atoms with Crippen LogP contribution in [0.3, 0.4) is 0 Å². The fourth-order valence-electron chi connectivity index (χ4n) is 2.07. The zero-order valence-corrected chi connectivity index (χ0v) is 10.9. The number of fused-ring (bicyclic) bond motifs is 1. The third-order valence-corrected chi connectivity index (χ3v) is 2.97. The molecule has 0 N–H and O–H groups in total. The normalized spacial score (nSPS) is 13.7. The minimum absolute atomic E-state index is 0.0835. The van der Waals surface area contributed by atoms with Crippen LogP contribution in [-0.4, -0.2) is 30.8 Å². The molecular formula is C14H15NO4. The summed E-state index contributed by atoms with van der Waals surface area (Å²) in [6, 6.07) is 5.26. The van der Waals surface area contributed by atoms with E-state index in [1.807, 2.05) is 13.0 Å². The van der Waals surface area contributed by atoms with Crippen molar-refractivity contribution in [2.75, 3.05) is 18.1 Å². The maximum Gasteiger partial charge on any atom is 0.307 e. The Bertz CT molecular complexity index is 550. The second kappa shape index (κ2) is 5.22. The molecule has 0 aromatic heterocycles. The summed E-state index contributed by atoms with van der Waals surface area (Å²) < 4.78 is 4.81. The lowest BCUT2D eigenvalue weighted by molar-refractivity contribution is -0.142. The van der Waals surface area contributed by atoms with Crippen LogP contribution in [0.15, 0.2) is 18.2 Å². The third kappa shape index (κ3) is 2.50. The number of nitrogens with zero attached hydrogens (tertiary/aromatic N) is 1. The van der Waals surface area contributed by atoms with Crippen molar-refractivity contribution in [3.63, 3.8) is 0 Å². The number of aryl methyl sites for hydroxylation is 1. The average Bonchev–Trinajstić information content (AvgIpc) is 2.61. The number of anilines is 1. The molecule has 100 valence electrons. The van der Waals surface area contributed by atoms with Crippen molar-refractivity contribution in [3.05, 3.63) is 29.3 Å². The van der Waals surface area contributed by atoms with Crippen LogP contribution in [-0.2, 0) is 14.3 Å². The predicted octanol–water partition coefficient (Wildman–Crippen LogP) is 1.48. The van der Waals surface area contributed by atoms with E-state index in [1.54, 1.807) is 19.1 Å². The molecule has 19 heavy (non-hydrogen) atoms. The minimum Gasteiger partial charge on any atom is -0.466 e. The Hall–Kier alpha value is -2.17. The number of hydrogen-bond acceptors (Lipinski definition) is 4. The number of amides is 1. The second-order valence-corrected chi connectivity index (χ2v) is 4.36. The van der Waals surface area contributed by atoms with E-state index in [-0.39, 0.29) is 18.9 Å². The fraction of sp³-hybridized carbons (Fsp3) is 0.357. The number of rotatable bonds is 4. The molecule has 2 rings (SSSR count). The summed E-state index contributed by atoms with van der Waals surface area (Å²) in [5.74, 6) is -1.46. The van der Waals surface area contributed by atoms with Crippen molar-refractivity contribution in [2.24, 2.45) is 0 Å². The molecule has 0 fully saturated rings. The zero-order valence-electron chi connectivity index (χ0n) is 10.9. The highest BCUT2D eigenvalue weighted by Gasteiger charge is 2.35. The summed E-state index contributed by atoms with van der Waals surface area (Å²) in [6.45, 7) is 4.06. The lowest BCUT2D eigenvalue weighted by atomic mass is 10.1. The van der Waals surface area contributed by atoms with Gasteiger partial charge in [0.2, 0.25) is 0 Å². The first-order valence-electron chi connectivity index (χ1n) is 6.17. The van der Waals surface area contributed by atoms with Crippen LogP contribution >= 0.6 is 0 Å². The number of ether oxygens (including phenoxy) is 1. The number of esters is 1. The number of ketones is 1. The van der Waals surface area contributed by atoms with Gasteiger partial charge in [0.1, 0.15) is 0 Å². The number of hydrogen-bond donors (Lipinski definition) is 0. The molecule has 0 atom stereocenters. The smallest absolute Gasteiger partial charge is 0.307 e. The molecule has 5 heteroatoms. The van der Waals surface area contributed by atoms with Crippen molar-refractivity contribution < 1.29 is 19.1 Å². The van der Waals surface area contributed by atoms with Crippen LogP contribution < -0.4 is 4.90 Å². The molecule has 0 saturated heterocycles. The first kappa shape index (κ1) is 13.3. The van der Waals surface area contributed by atoms with E-state index in [0.717, 1.165) is 5.56 Å². The fourth-order valence-corrected chi connectivity index (χ4v) is 2.07. The highest BCUT2D eigenvalue weighted by atomic mass is 16.5. The van der Waals surface area contributed by atoms with Gasteiger partial charge in [-0.3, -0.25) is 14.4 Å². The van der Waals surface area contributed by atoms with Gasteiger partial charge in [0.25, 0.3) is 11.7 Å². The number of carbonyl (C=O) groups excluding carboxylic acids is 3. The van der Waals surface area contributed by atoms with E-state index in [9.17, 15) is 14.4 Å². The van der Waals surface area contributed by atoms with Crippen LogP contribution in [0.2, 0.25) is 0 Å². The molecule has 0 radical (unpaired) electrons.